The number of carbonyl (C=O) groups excluding carboxylic acids is 1. The number of benzene rings is 1. The monoisotopic (exact) mass is 569 g/mol. The fraction of sp³-hybridized carbons (Fsp3) is 0.600. The number of allylic oxidation sites excluding steroid dienone is 2. The van der Waals surface area contributed by atoms with E-state index in [0.29, 0.717) is 36.0 Å². The van der Waals surface area contributed by atoms with Gasteiger partial charge in [0.1, 0.15) is 0 Å². The summed E-state index contributed by atoms with van der Waals surface area (Å²) in [6, 6.07) is 3.45. The Kier molecular flexibility index (Phi) is 28.6. The van der Waals surface area contributed by atoms with Crippen LogP contribution in [0.1, 0.15) is 90.3 Å². The third-order valence-electron chi connectivity index (χ3n) is 5.42. The molecule has 8 nitrogen and oxygen atoms in total. The first-order valence-corrected chi connectivity index (χ1v) is 14.0. The number of nitrogens with one attached hydrogen (secondary N) is 3. The molecule has 0 heterocycles. The van der Waals surface area contributed by atoms with Crippen LogP contribution in [-0.2, 0) is 11.2 Å². The van der Waals surface area contributed by atoms with Crippen LogP contribution in [0.5, 0.6) is 0 Å². The lowest BCUT2D eigenvalue weighted by Gasteiger charge is -2.21. The Labute approximate surface area is 242 Å². The lowest BCUT2D eigenvalue weighted by Crippen LogP contribution is -2.32. The number of amides is 1. The van der Waals surface area contributed by atoms with Crippen molar-refractivity contribution in [2.24, 2.45) is 16.5 Å². The van der Waals surface area contributed by atoms with Crippen LogP contribution in [-0.4, -0.2) is 52.9 Å². The van der Waals surface area contributed by atoms with E-state index in [1.807, 2.05) is 34.9 Å². The predicted molar refractivity (Wildman–Crippen MR) is 171 cm³/mol. The topological polar surface area (TPSA) is 144 Å². The second kappa shape index (κ2) is 27.6. The number of carbonyl (C=O) groups is 1. The summed E-state index contributed by atoms with van der Waals surface area (Å²) in [4.78, 5) is 14.0. The summed E-state index contributed by atoms with van der Waals surface area (Å²) in [5, 5.41) is 8.93. The van der Waals surface area contributed by atoms with Gasteiger partial charge in [0.05, 0.1) is 0 Å². The average molecular weight is 570 g/mol. The third kappa shape index (κ3) is 18.3. The Balaban J connectivity index is -0.000000596. The molecule has 1 unspecified atom stereocenters. The first kappa shape index (κ1) is 41.5. The number of nitrogen functional groups attached to an aromatic ring is 1. The molecule has 0 aromatic heterocycles. The van der Waals surface area contributed by atoms with E-state index in [1.54, 1.807) is 13.1 Å². The highest BCUT2D eigenvalue weighted by Gasteiger charge is 2.17. The van der Waals surface area contributed by atoms with Gasteiger partial charge in [0.15, 0.2) is 0 Å². The van der Waals surface area contributed by atoms with Gasteiger partial charge >= 0.3 is 0 Å². The van der Waals surface area contributed by atoms with E-state index in [2.05, 4.69) is 41.7 Å². The number of hydrogen-bond acceptors (Lipinski definition) is 7. The summed E-state index contributed by atoms with van der Waals surface area (Å²) in [6.45, 7) is 13.7. The van der Waals surface area contributed by atoms with Gasteiger partial charge in [-0.3, -0.25) is 9.79 Å². The third-order valence-corrected chi connectivity index (χ3v) is 5.42. The minimum absolute atomic E-state index is 0.117. The molecule has 1 amide bonds. The molecule has 1 rings (SSSR count). The number of aliphatic imine (C=N–C) groups is 1. The largest absolute Gasteiger partial charge is 0.404 e. The SMILES string of the molecule is CC.CCC(CCN)NC(CCNC=O)=C(C)C.CCCc1cc(/C(C=NC)=C/N)c(C(F)F)cc1N.CNC. The Morgan fingerprint density at radius 2 is 1.75 bits per heavy atom. The molecule has 40 heavy (non-hydrogen) atoms. The molecule has 0 saturated heterocycles. The van der Waals surface area contributed by atoms with Gasteiger partial charge in [-0.05, 0) is 77.0 Å². The van der Waals surface area contributed by atoms with E-state index in [-0.39, 0.29) is 5.56 Å². The van der Waals surface area contributed by atoms with E-state index in [9.17, 15) is 13.6 Å². The number of nitrogens with two attached hydrogens (primary N) is 3. The van der Waals surface area contributed by atoms with E-state index in [1.165, 1.54) is 29.8 Å². The minimum atomic E-state index is -2.60. The number of rotatable bonds is 14. The molecule has 0 aliphatic carbocycles. The summed E-state index contributed by atoms with van der Waals surface area (Å²) < 4.78 is 26.2. The number of alkyl halides is 2. The smallest absolute Gasteiger partial charge is 0.264 e. The molecule has 0 aliphatic heterocycles. The first-order chi connectivity index (χ1) is 19.1. The maximum atomic E-state index is 13.1. The van der Waals surface area contributed by atoms with Crippen molar-refractivity contribution in [1.82, 2.24) is 16.0 Å². The normalized spacial score (nSPS) is 11.3. The molecule has 1 atom stereocenters. The van der Waals surface area contributed by atoms with Crippen molar-refractivity contribution in [2.45, 2.75) is 86.1 Å². The average Bonchev–Trinajstić information content (AvgIpc) is 2.93. The molecule has 0 radical (unpaired) electrons. The fourth-order valence-electron chi connectivity index (χ4n) is 3.49. The summed E-state index contributed by atoms with van der Waals surface area (Å²) in [7, 11) is 5.32. The molecule has 10 heteroatoms. The number of aryl methyl sites for hydroxylation is 1. The van der Waals surface area contributed by atoms with Crippen molar-refractivity contribution in [2.75, 3.05) is 40.0 Å². The van der Waals surface area contributed by atoms with Crippen LogP contribution in [0.4, 0.5) is 14.5 Å². The molecule has 9 N–H and O–H groups in total. The molecule has 1 aromatic rings. The first-order valence-electron chi connectivity index (χ1n) is 14.0. The highest BCUT2D eigenvalue weighted by Crippen LogP contribution is 2.31. The van der Waals surface area contributed by atoms with Crippen molar-refractivity contribution in [1.29, 1.82) is 0 Å². The van der Waals surface area contributed by atoms with E-state index < -0.39 is 6.43 Å². The maximum Gasteiger partial charge on any atom is 0.264 e. The second-order valence-corrected chi connectivity index (χ2v) is 8.83. The lowest BCUT2D eigenvalue weighted by atomic mass is 9.95. The quantitative estimate of drug-likeness (QED) is 0.0791. The predicted octanol–water partition coefficient (Wildman–Crippen LogP) is 5.15. The van der Waals surface area contributed by atoms with Gasteiger partial charge in [0, 0.05) is 61.0 Å². The van der Waals surface area contributed by atoms with Gasteiger partial charge in [0.25, 0.3) is 6.43 Å². The van der Waals surface area contributed by atoms with Gasteiger partial charge in [0.2, 0.25) is 6.41 Å². The molecular weight excluding hydrogens is 512 g/mol. The van der Waals surface area contributed by atoms with Gasteiger partial charge in [-0.1, -0.05) is 39.7 Å². The van der Waals surface area contributed by atoms with Crippen LogP contribution in [0, 0.1) is 0 Å². The molecule has 232 valence electrons. The van der Waals surface area contributed by atoms with Crippen molar-refractivity contribution in [3.05, 3.63) is 46.3 Å². The van der Waals surface area contributed by atoms with Crippen LogP contribution < -0.4 is 33.2 Å². The zero-order valence-corrected chi connectivity index (χ0v) is 26.3. The Morgan fingerprint density at radius 1 is 1.15 bits per heavy atom. The zero-order valence-electron chi connectivity index (χ0n) is 26.3. The summed E-state index contributed by atoms with van der Waals surface area (Å²) in [5.74, 6) is 0. The number of anilines is 1. The van der Waals surface area contributed by atoms with Crippen LogP contribution in [0.15, 0.2) is 34.6 Å². The van der Waals surface area contributed by atoms with Gasteiger partial charge in [-0.25, -0.2) is 8.78 Å². The summed E-state index contributed by atoms with van der Waals surface area (Å²) in [6.07, 6.45) is 5.40. The molecular formula is C30H57F2N7O. The molecule has 0 spiro atoms. The highest BCUT2D eigenvalue weighted by atomic mass is 19.3. The molecule has 0 bridgehead atoms. The van der Waals surface area contributed by atoms with Crippen molar-refractivity contribution in [3.63, 3.8) is 0 Å². The zero-order chi connectivity index (χ0) is 31.5. The fourth-order valence-corrected chi connectivity index (χ4v) is 3.49. The lowest BCUT2D eigenvalue weighted by molar-refractivity contribution is -0.109. The summed E-state index contributed by atoms with van der Waals surface area (Å²) >= 11 is 0. The van der Waals surface area contributed by atoms with Crippen LogP contribution in [0.3, 0.4) is 0 Å². The molecule has 0 saturated carbocycles. The van der Waals surface area contributed by atoms with Crippen molar-refractivity contribution < 1.29 is 13.6 Å². The van der Waals surface area contributed by atoms with Gasteiger partial charge in [-0.2, -0.15) is 0 Å². The van der Waals surface area contributed by atoms with E-state index in [4.69, 9.17) is 17.2 Å². The Morgan fingerprint density at radius 3 is 2.15 bits per heavy atom. The summed E-state index contributed by atoms with van der Waals surface area (Å²) in [5.41, 5.74) is 21.3. The second-order valence-electron chi connectivity index (χ2n) is 8.83. The van der Waals surface area contributed by atoms with Crippen LogP contribution in [0.25, 0.3) is 5.57 Å². The number of halogens is 2. The Bertz CT molecular complexity index is 868. The van der Waals surface area contributed by atoms with E-state index in [0.717, 1.165) is 44.1 Å². The molecule has 0 fully saturated rings. The molecule has 0 aliphatic rings. The standard InChI is InChI=1S/C14H19F2N3.C12H25N3O.C2H7N.C2H6/c1-3-4-9-5-11(10(7-17)8-19-2)12(14(15)16)6-13(9)18;1-4-11(5-7-13)15-12(10(2)3)6-8-14-9-16;1-3-2;1-2/h5-8,14H,3-4,17-18H2,1-2H3;9,11,15H,4-8,13H2,1-3H3,(H,14,16);3H,1-2H3;1-2H3/b10-7+,19-8?;;;. The van der Waals surface area contributed by atoms with Gasteiger partial charge in [-0.15, -0.1) is 0 Å². The minimum Gasteiger partial charge on any atom is -0.404 e. The van der Waals surface area contributed by atoms with E-state index >= 15 is 0 Å². The number of nitrogens with zero attached hydrogens (tertiary/aromatic N) is 1. The Hall–Kier alpha value is -2.98. The van der Waals surface area contributed by atoms with Crippen molar-refractivity contribution >= 4 is 23.9 Å². The van der Waals surface area contributed by atoms with Gasteiger partial charge < -0.3 is 33.2 Å². The maximum absolute atomic E-state index is 13.1. The van der Waals surface area contributed by atoms with Crippen molar-refractivity contribution in [3.8, 4) is 0 Å². The highest BCUT2D eigenvalue weighted by molar-refractivity contribution is 6.10. The molecule has 1 aromatic carbocycles. The van der Waals surface area contributed by atoms with Crippen LogP contribution in [0.2, 0.25) is 0 Å². The number of hydrogen-bond donors (Lipinski definition) is 6. The van der Waals surface area contributed by atoms with Crippen LogP contribution >= 0.6 is 0 Å².